The van der Waals surface area contributed by atoms with Gasteiger partial charge >= 0.3 is 6.18 Å². The quantitative estimate of drug-likeness (QED) is 0.823. The molecule has 0 atom stereocenters. The molecule has 1 aromatic heterocycles. The standard InChI is InChI=1S/C15H14BrF3N2O/c1-14(2-3-14)13(22)20-7-9-4-8-5-10(15(17,18)19)11(16)6-12(8)21-9/h4-6,21H,2-3,7H2,1H3,(H,20,22). The fraction of sp³-hybridized carbons (Fsp3) is 0.400. The first-order chi connectivity index (χ1) is 10.2. The van der Waals surface area contributed by atoms with Crippen LogP contribution < -0.4 is 5.32 Å². The molecule has 1 heterocycles. The predicted octanol–water partition coefficient (Wildman–Crippen LogP) is 4.37. The molecule has 0 bridgehead atoms. The molecule has 1 aliphatic carbocycles. The molecule has 7 heteroatoms. The molecule has 1 amide bonds. The predicted molar refractivity (Wildman–Crippen MR) is 80.2 cm³/mol. The van der Waals surface area contributed by atoms with Crippen molar-refractivity contribution < 1.29 is 18.0 Å². The Morgan fingerprint density at radius 2 is 2.05 bits per heavy atom. The third kappa shape index (κ3) is 2.86. The first-order valence-electron chi connectivity index (χ1n) is 6.86. The Hall–Kier alpha value is -1.50. The summed E-state index contributed by atoms with van der Waals surface area (Å²) < 4.78 is 38.6. The minimum Gasteiger partial charge on any atom is -0.357 e. The van der Waals surface area contributed by atoms with E-state index >= 15 is 0 Å². The molecule has 0 aliphatic heterocycles. The van der Waals surface area contributed by atoms with E-state index in [2.05, 4.69) is 26.2 Å². The van der Waals surface area contributed by atoms with Crippen LogP contribution in [0.15, 0.2) is 22.7 Å². The molecule has 3 nitrogen and oxygen atoms in total. The molecule has 1 aliphatic rings. The van der Waals surface area contributed by atoms with Crippen LogP contribution in [0.25, 0.3) is 10.9 Å². The molecule has 118 valence electrons. The Balaban J connectivity index is 1.82. The molecule has 1 saturated carbocycles. The summed E-state index contributed by atoms with van der Waals surface area (Å²) in [5.74, 6) is -0.0108. The van der Waals surface area contributed by atoms with E-state index in [1.54, 1.807) is 6.07 Å². The summed E-state index contributed by atoms with van der Waals surface area (Å²) in [5, 5.41) is 3.29. The second kappa shape index (κ2) is 5.01. The summed E-state index contributed by atoms with van der Waals surface area (Å²) in [4.78, 5) is 14.9. The average molecular weight is 375 g/mol. The molecular formula is C15H14BrF3N2O. The molecule has 0 radical (unpaired) electrons. The number of alkyl halides is 3. The van der Waals surface area contributed by atoms with E-state index < -0.39 is 11.7 Å². The van der Waals surface area contributed by atoms with Crippen molar-refractivity contribution >= 4 is 32.7 Å². The van der Waals surface area contributed by atoms with Gasteiger partial charge in [-0.05, 0) is 31.0 Å². The highest BCUT2D eigenvalue weighted by molar-refractivity contribution is 9.10. The van der Waals surface area contributed by atoms with Gasteiger partial charge in [0.1, 0.15) is 0 Å². The first-order valence-corrected chi connectivity index (χ1v) is 7.65. The summed E-state index contributed by atoms with van der Waals surface area (Å²) >= 11 is 2.95. The van der Waals surface area contributed by atoms with Crippen molar-refractivity contribution in [3.63, 3.8) is 0 Å². The van der Waals surface area contributed by atoms with Gasteiger partial charge in [0.15, 0.2) is 0 Å². The van der Waals surface area contributed by atoms with E-state index in [1.165, 1.54) is 6.07 Å². The fourth-order valence-corrected chi connectivity index (χ4v) is 2.90. The lowest BCUT2D eigenvalue weighted by Crippen LogP contribution is -2.29. The van der Waals surface area contributed by atoms with E-state index in [9.17, 15) is 18.0 Å². The van der Waals surface area contributed by atoms with Gasteiger partial charge in [0, 0.05) is 26.5 Å². The molecule has 2 aromatic rings. The number of carbonyl (C=O) groups is 1. The minimum atomic E-state index is -4.40. The van der Waals surface area contributed by atoms with Crippen LogP contribution in [0.4, 0.5) is 13.2 Å². The maximum atomic E-state index is 12.9. The number of fused-ring (bicyclic) bond motifs is 1. The Morgan fingerprint density at radius 3 is 2.64 bits per heavy atom. The summed E-state index contributed by atoms with van der Waals surface area (Å²) in [6.07, 6.45) is -2.64. The van der Waals surface area contributed by atoms with E-state index in [-0.39, 0.29) is 22.3 Å². The van der Waals surface area contributed by atoms with Crippen molar-refractivity contribution in [2.75, 3.05) is 0 Å². The Morgan fingerprint density at radius 1 is 1.36 bits per heavy atom. The summed E-state index contributed by atoms with van der Waals surface area (Å²) in [6.45, 7) is 2.18. The van der Waals surface area contributed by atoms with Crippen molar-refractivity contribution in [3.05, 3.63) is 33.9 Å². The topological polar surface area (TPSA) is 44.9 Å². The van der Waals surface area contributed by atoms with Crippen molar-refractivity contribution in [3.8, 4) is 0 Å². The third-order valence-corrected chi connectivity index (χ3v) is 4.71. The van der Waals surface area contributed by atoms with Gasteiger partial charge in [-0.25, -0.2) is 0 Å². The maximum Gasteiger partial charge on any atom is 0.417 e. The van der Waals surface area contributed by atoms with Crippen LogP contribution in [-0.4, -0.2) is 10.9 Å². The minimum absolute atomic E-state index is 0.00423. The highest BCUT2D eigenvalue weighted by Crippen LogP contribution is 2.45. The molecule has 1 aromatic carbocycles. The number of hydrogen-bond donors (Lipinski definition) is 2. The molecule has 0 spiro atoms. The monoisotopic (exact) mass is 374 g/mol. The van der Waals surface area contributed by atoms with Gasteiger partial charge in [0.05, 0.1) is 12.1 Å². The number of carbonyl (C=O) groups excluding carboxylic acids is 1. The van der Waals surface area contributed by atoms with Crippen LogP contribution >= 0.6 is 15.9 Å². The number of hydrogen-bond acceptors (Lipinski definition) is 1. The zero-order valence-corrected chi connectivity index (χ0v) is 13.4. The van der Waals surface area contributed by atoms with E-state index in [0.717, 1.165) is 18.9 Å². The van der Waals surface area contributed by atoms with Gasteiger partial charge in [0.2, 0.25) is 5.91 Å². The molecule has 2 N–H and O–H groups in total. The Kier molecular flexibility index (Phi) is 3.51. The highest BCUT2D eigenvalue weighted by Gasteiger charge is 2.44. The normalized spacial score (nSPS) is 16.8. The lowest BCUT2D eigenvalue weighted by atomic mass is 10.1. The largest absolute Gasteiger partial charge is 0.417 e. The second-order valence-corrected chi connectivity index (χ2v) is 6.81. The number of benzene rings is 1. The van der Waals surface area contributed by atoms with Gasteiger partial charge in [-0.2, -0.15) is 13.2 Å². The second-order valence-electron chi connectivity index (χ2n) is 5.95. The summed E-state index contributed by atoms with van der Waals surface area (Å²) in [6, 6.07) is 4.14. The van der Waals surface area contributed by atoms with Crippen molar-refractivity contribution in [1.29, 1.82) is 0 Å². The van der Waals surface area contributed by atoms with Crippen molar-refractivity contribution in [2.45, 2.75) is 32.5 Å². The van der Waals surface area contributed by atoms with Gasteiger partial charge < -0.3 is 10.3 Å². The van der Waals surface area contributed by atoms with Crippen molar-refractivity contribution in [1.82, 2.24) is 10.3 Å². The Labute approximate surface area is 133 Å². The number of aromatic amines is 1. The lowest BCUT2D eigenvalue weighted by Gasteiger charge is -2.08. The van der Waals surface area contributed by atoms with E-state index in [4.69, 9.17) is 0 Å². The highest BCUT2D eigenvalue weighted by atomic mass is 79.9. The van der Waals surface area contributed by atoms with Crippen LogP contribution in [0.2, 0.25) is 0 Å². The third-order valence-electron chi connectivity index (χ3n) is 4.06. The lowest BCUT2D eigenvalue weighted by molar-refractivity contribution is -0.138. The van der Waals surface area contributed by atoms with Crippen molar-refractivity contribution in [2.24, 2.45) is 5.41 Å². The van der Waals surface area contributed by atoms with E-state index in [1.807, 2.05) is 6.92 Å². The molecule has 0 saturated heterocycles. The van der Waals surface area contributed by atoms with Gasteiger partial charge in [-0.3, -0.25) is 4.79 Å². The molecule has 0 unspecified atom stereocenters. The number of amides is 1. The fourth-order valence-electron chi connectivity index (χ4n) is 2.33. The van der Waals surface area contributed by atoms with E-state index in [0.29, 0.717) is 16.6 Å². The molecular weight excluding hydrogens is 361 g/mol. The molecule has 1 fully saturated rings. The van der Waals surface area contributed by atoms with Gasteiger partial charge in [0.25, 0.3) is 0 Å². The number of aromatic nitrogens is 1. The number of halogens is 4. The van der Waals surface area contributed by atoms with Crippen LogP contribution in [0, 0.1) is 5.41 Å². The van der Waals surface area contributed by atoms with Crippen LogP contribution in [0.1, 0.15) is 31.0 Å². The zero-order chi connectivity index (χ0) is 16.1. The zero-order valence-electron chi connectivity index (χ0n) is 11.8. The van der Waals surface area contributed by atoms with Crippen LogP contribution in [0.3, 0.4) is 0 Å². The average Bonchev–Trinajstić information content (AvgIpc) is 3.04. The van der Waals surface area contributed by atoms with Gasteiger partial charge in [-0.15, -0.1) is 0 Å². The molecule has 3 rings (SSSR count). The maximum absolute atomic E-state index is 12.9. The Bertz CT molecular complexity index is 747. The molecule has 22 heavy (non-hydrogen) atoms. The smallest absolute Gasteiger partial charge is 0.357 e. The van der Waals surface area contributed by atoms with Gasteiger partial charge in [-0.1, -0.05) is 22.9 Å². The first kappa shape index (κ1) is 15.4. The summed E-state index contributed by atoms with van der Waals surface area (Å²) in [5.41, 5.74) is 0.305. The summed E-state index contributed by atoms with van der Waals surface area (Å²) in [7, 11) is 0. The van der Waals surface area contributed by atoms with Crippen LogP contribution in [0.5, 0.6) is 0 Å². The number of H-pyrrole nitrogens is 1. The number of nitrogens with one attached hydrogen (secondary N) is 2. The van der Waals surface area contributed by atoms with Crippen LogP contribution in [-0.2, 0) is 17.5 Å². The SMILES string of the molecule is CC1(C(=O)NCc2cc3cc(C(F)(F)F)c(Br)cc3[nH]2)CC1. The number of rotatable bonds is 3.